The third-order valence-electron chi connectivity index (χ3n) is 2.18. The van der Waals surface area contributed by atoms with Crippen molar-refractivity contribution in [1.82, 2.24) is 9.97 Å². The number of hydrogen-bond acceptors (Lipinski definition) is 3. The molecule has 0 aliphatic carbocycles. The molecule has 0 aliphatic rings. The lowest BCUT2D eigenvalue weighted by molar-refractivity contribution is 1.15. The van der Waals surface area contributed by atoms with Crippen molar-refractivity contribution in [2.45, 2.75) is 6.42 Å². The molecule has 2 aromatic rings. The van der Waals surface area contributed by atoms with Gasteiger partial charge in [0, 0.05) is 18.0 Å². The molecule has 0 aliphatic heterocycles. The van der Waals surface area contributed by atoms with Crippen LogP contribution in [0.25, 0.3) is 11.4 Å². The number of aryl methyl sites for hydroxylation is 1. The second kappa shape index (κ2) is 4.94. The van der Waals surface area contributed by atoms with Crippen molar-refractivity contribution in [2.24, 2.45) is 0 Å². The van der Waals surface area contributed by atoms with Crippen LogP contribution in [0.3, 0.4) is 0 Å². The van der Waals surface area contributed by atoms with Gasteiger partial charge in [0.2, 0.25) is 0 Å². The summed E-state index contributed by atoms with van der Waals surface area (Å²) in [6.45, 7) is 0. The lowest BCUT2D eigenvalue weighted by Gasteiger charge is -2.01. The van der Waals surface area contributed by atoms with E-state index in [0.29, 0.717) is 0 Å². The molecular formula is C12H12N2S. The highest BCUT2D eigenvalue weighted by Gasteiger charge is 1.99. The van der Waals surface area contributed by atoms with Crippen LogP contribution >= 0.6 is 12.6 Å². The Labute approximate surface area is 94.8 Å². The van der Waals surface area contributed by atoms with Crippen LogP contribution in [-0.4, -0.2) is 15.7 Å². The van der Waals surface area contributed by atoms with E-state index in [0.717, 1.165) is 23.6 Å². The molecule has 1 aromatic carbocycles. The van der Waals surface area contributed by atoms with Crippen LogP contribution in [-0.2, 0) is 6.42 Å². The van der Waals surface area contributed by atoms with Crippen LogP contribution in [0.4, 0.5) is 0 Å². The molecule has 76 valence electrons. The summed E-state index contributed by atoms with van der Waals surface area (Å²) in [5, 5.41) is 0. The molecule has 1 aromatic heterocycles. The van der Waals surface area contributed by atoms with Gasteiger partial charge in [-0.1, -0.05) is 24.3 Å². The van der Waals surface area contributed by atoms with Crippen molar-refractivity contribution in [1.29, 1.82) is 0 Å². The Kier molecular flexibility index (Phi) is 3.35. The molecule has 0 saturated heterocycles. The van der Waals surface area contributed by atoms with Gasteiger partial charge in [-0.2, -0.15) is 12.6 Å². The molecule has 2 nitrogen and oxygen atoms in total. The number of nitrogens with zero attached hydrogens (tertiary/aromatic N) is 2. The molecule has 0 fully saturated rings. The van der Waals surface area contributed by atoms with Crippen molar-refractivity contribution < 1.29 is 0 Å². The van der Waals surface area contributed by atoms with E-state index in [4.69, 9.17) is 0 Å². The van der Waals surface area contributed by atoms with Gasteiger partial charge in [0.1, 0.15) is 0 Å². The molecule has 0 radical (unpaired) electrons. The Morgan fingerprint density at radius 1 is 1.00 bits per heavy atom. The van der Waals surface area contributed by atoms with Gasteiger partial charge in [0.15, 0.2) is 5.82 Å². The normalized spacial score (nSPS) is 10.2. The molecule has 0 unspecified atom stereocenters. The number of thiol groups is 1. The van der Waals surface area contributed by atoms with E-state index in [-0.39, 0.29) is 0 Å². The second-order valence-corrected chi connectivity index (χ2v) is 3.69. The highest BCUT2D eigenvalue weighted by atomic mass is 32.1. The minimum Gasteiger partial charge on any atom is -0.237 e. The van der Waals surface area contributed by atoms with E-state index in [1.165, 1.54) is 5.56 Å². The minimum atomic E-state index is 0.773. The molecule has 15 heavy (non-hydrogen) atoms. The first-order chi connectivity index (χ1) is 7.40. The number of hydrogen-bond donors (Lipinski definition) is 1. The fourth-order valence-electron chi connectivity index (χ4n) is 1.40. The lowest BCUT2D eigenvalue weighted by atomic mass is 10.1. The summed E-state index contributed by atoms with van der Waals surface area (Å²) in [5.41, 5.74) is 2.35. The van der Waals surface area contributed by atoms with E-state index >= 15 is 0 Å². The van der Waals surface area contributed by atoms with Crippen LogP contribution in [0.1, 0.15) is 5.56 Å². The maximum atomic E-state index is 4.20. The van der Waals surface area contributed by atoms with Gasteiger partial charge in [-0.15, -0.1) is 0 Å². The molecule has 2 rings (SSSR count). The highest BCUT2D eigenvalue weighted by molar-refractivity contribution is 7.80. The summed E-state index contributed by atoms with van der Waals surface area (Å²) >= 11 is 4.20. The molecule has 0 N–H and O–H groups in total. The van der Waals surface area contributed by atoms with Crippen LogP contribution in [0.5, 0.6) is 0 Å². The van der Waals surface area contributed by atoms with Crippen LogP contribution in [0, 0.1) is 0 Å². The fourth-order valence-corrected chi connectivity index (χ4v) is 1.66. The van der Waals surface area contributed by atoms with Crippen molar-refractivity contribution in [3.8, 4) is 11.4 Å². The Morgan fingerprint density at radius 2 is 1.67 bits per heavy atom. The van der Waals surface area contributed by atoms with Gasteiger partial charge in [0.25, 0.3) is 0 Å². The summed E-state index contributed by atoms with van der Waals surface area (Å²) in [6.07, 6.45) is 4.51. The molecule has 0 bridgehead atoms. The van der Waals surface area contributed by atoms with Crippen LogP contribution < -0.4 is 0 Å². The predicted molar refractivity (Wildman–Crippen MR) is 65.0 cm³/mol. The van der Waals surface area contributed by atoms with Crippen molar-refractivity contribution in [3.05, 3.63) is 48.3 Å². The van der Waals surface area contributed by atoms with Gasteiger partial charge < -0.3 is 0 Å². The van der Waals surface area contributed by atoms with Crippen LogP contribution in [0.2, 0.25) is 0 Å². The summed E-state index contributed by atoms with van der Waals surface area (Å²) in [5.74, 6) is 1.65. The van der Waals surface area contributed by atoms with Crippen molar-refractivity contribution in [3.63, 3.8) is 0 Å². The van der Waals surface area contributed by atoms with E-state index in [1.807, 2.05) is 18.2 Å². The third-order valence-corrected chi connectivity index (χ3v) is 2.40. The first-order valence-electron chi connectivity index (χ1n) is 4.87. The Balaban J connectivity index is 2.24. The van der Waals surface area contributed by atoms with Crippen LogP contribution in [0.15, 0.2) is 42.7 Å². The van der Waals surface area contributed by atoms with Gasteiger partial charge in [0.05, 0.1) is 0 Å². The number of rotatable bonds is 3. The third kappa shape index (κ3) is 2.57. The zero-order chi connectivity index (χ0) is 10.5. The van der Waals surface area contributed by atoms with Gasteiger partial charge >= 0.3 is 0 Å². The number of aromatic nitrogens is 2. The van der Waals surface area contributed by atoms with Gasteiger partial charge in [-0.3, -0.25) is 0 Å². The summed E-state index contributed by atoms with van der Waals surface area (Å²) < 4.78 is 0. The Bertz CT molecular complexity index is 411. The van der Waals surface area contributed by atoms with E-state index in [2.05, 4.69) is 34.7 Å². The standard InChI is InChI=1S/C12H12N2S/c15-9-6-10-2-4-11(5-3-10)12-13-7-1-8-14-12/h1-5,7-8,15H,6,9H2. The quantitative estimate of drug-likeness (QED) is 0.798. The summed E-state index contributed by atoms with van der Waals surface area (Å²) in [6, 6.07) is 10.1. The highest BCUT2D eigenvalue weighted by Crippen LogP contribution is 2.14. The Morgan fingerprint density at radius 3 is 2.27 bits per heavy atom. The molecule has 3 heteroatoms. The lowest BCUT2D eigenvalue weighted by Crippen LogP contribution is -1.89. The Hall–Kier alpha value is -1.35. The van der Waals surface area contributed by atoms with E-state index in [1.54, 1.807) is 12.4 Å². The van der Waals surface area contributed by atoms with Crippen molar-refractivity contribution in [2.75, 3.05) is 5.75 Å². The van der Waals surface area contributed by atoms with Gasteiger partial charge in [-0.05, 0) is 23.8 Å². The van der Waals surface area contributed by atoms with Gasteiger partial charge in [-0.25, -0.2) is 9.97 Å². The summed E-state index contributed by atoms with van der Waals surface area (Å²) in [4.78, 5) is 8.40. The molecule has 0 saturated carbocycles. The smallest absolute Gasteiger partial charge is 0.159 e. The largest absolute Gasteiger partial charge is 0.237 e. The predicted octanol–water partition coefficient (Wildman–Crippen LogP) is 2.62. The molecule has 1 heterocycles. The average molecular weight is 216 g/mol. The second-order valence-electron chi connectivity index (χ2n) is 3.24. The molecule has 0 spiro atoms. The average Bonchev–Trinajstić information content (AvgIpc) is 2.32. The van der Waals surface area contributed by atoms with E-state index < -0.39 is 0 Å². The SMILES string of the molecule is SCCc1ccc(-c2ncccn2)cc1. The zero-order valence-corrected chi connectivity index (χ0v) is 9.19. The number of benzene rings is 1. The molecular weight excluding hydrogens is 204 g/mol. The fraction of sp³-hybridized carbons (Fsp3) is 0.167. The molecule has 0 amide bonds. The van der Waals surface area contributed by atoms with Crippen molar-refractivity contribution >= 4 is 12.6 Å². The monoisotopic (exact) mass is 216 g/mol. The zero-order valence-electron chi connectivity index (χ0n) is 8.30. The molecule has 0 atom stereocenters. The topological polar surface area (TPSA) is 25.8 Å². The minimum absolute atomic E-state index is 0.773. The first-order valence-corrected chi connectivity index (χ1v) is 5.50. The maximum Gasteiger partial charge on any atom is 0.159 e. The van der Waals surface area contributed by atoms with E-state index in [9.17, 15) is 0 Å². The maximum absolute atomic E-state index is 4.20. The first kappa shape index (κ1) is 10.2. The summed E-state index contributed by atoms with van der Waals surface area (Å²) in [7, 11) is 0.